The molecule has 0 aliphatic heterocycles. The smallest absolute Gasteiger partial charge is 0.189 e. The fourth-order valence-corrected chi connectivity index (χ4v) is 1.61. The first kappa shape index (κ1) is 8.84. The Kier molecular flexibility index (Phi) is 1.83. The average molecular weight is 211 g/mol. The Bertz CT molecular complexity index is 643. The Hall–Kier alpha value is -2.43. The molecule has 3 rings (SSSR count). The molecule has 0 saturated heterocycles. The highest BCUT2D eigenvalue weighted by Gasteiger charge is 2.10. The second kappa shape index (κ2) is 3.30. The van der Waals surface area contributed by atoms with Crippen LogP contribution in [0.15, 0.2) is 42.7 Å². The topological polar surface area (TPSA) is 69.1 Å². The van der Waals surface area contributed by atoms with E-state index in [2.05, 4.69) is 15.2 Å². The van der Waals surface area contributed by atoms with Gasteiger partial charge in [0, 0.05) is 12.4 Å². The molecule has 0 bridgehead atoms. The van der Waals surface area contributed by atoms with Crippen molar-refractivity contribution >= 4 is 11.3 Å². The molecule has 78 valence electrons. The third-order valence-electron chi connectivity index (χ3n) is 2.36. The van der Waals surface area contributed by atoms with Gasteiger partial charge in [0.05, 0.1) is 5.69 Å². The number of aromatic nitrogens is 4. The highest BCUT2D eigenvalue weighted by molar-refractivity contribution is 5.68. The van der Waals surface area contributed by atoms with Gasteiger partial charge in [-0.05, 0) is 24.3 Å². The second-order valence-electron chi connectivity index (χ2n) is 3.39. The number of anilines is 1. The number of hydrogen-bond acceptors (Lipinski definition) is 4. The summed E-state index contributed by atoms with van der Waals surface area (Å²) in [6.45, 7) is 0. The molecule has 0 spiro atoms. The summed E-state index contributed by atoms with van der Waals surface area (Å²) in [5.74, 6) is 0.661. The molecule has 0 fully saturated rings. The predicted molar refractivity (Wildman–Crippen MR) is 60.6 cm³/mol. The van der Waals surface area contributed by atoms with Gasteiger partial charge >= 0.3 is 0 Å². The monoisotopic (exact) mass is 211 g/mol. The Morgan fingerprint density at radius 1 is 1.06 bits per heavy atom. The van der Waals surface area contributed by atoms with Crippen molar-refractivity contribution in [3.8, 4) is 11.5 Å². The fraction of sp³-hybridized carbons (Fsp3) is 0. The highest BCUT2D eigenvalue weighted by Crippen LogP contribution is 2.21. The third kappa shape index (κ3) is 1.22. The quantitative estimate of drug-likeness (QED) is 0.660. The Morgan fingerprint density at radius 3 is 2.88 bits per heavy atom. The van der Waals surface area contributed by atoms with Crippen LogP contribution in [0.1, 0.15) is 0 Å². The molecule has 16 heavy (non-hydrogen) atoms. The van der Waals surface area contributed by atoms with E-state index in [9.17, 15) is 0 Å². The summed E-state index contributed by atoms with van der Waals surface area (Å²) in [5.41, 5.74) is 7.89. The maximum atomic E-state index is 5.86. The summed E-state index contributed by atoms with van der Waals surface area (Å²) < 4.78 is 1.86. The molecule has 0 unspecified atom stereocenters. The molecule has 0 atom stereocenters. The van der Waals surface area contributed by atoms with E-state index >= 15 is 0 Å². The van der Waals surface area contributed by atoms with Crippen LogP contribution in [0.4, 0.5) is 5.69 Å². The van der Waals surface area contributed by atoms with Crippen LogP contribution in [0.5, 0.6) is 0 Å². The number of nitrogens with zero attached hydrogens (tertiary/aromatic N) is 4. The lowest BCUT2D eigenvalue weighted by molar-refractivity contribution is 1.09. The Balaban J connectivity index is 2.31. The van der Waals surface area contributed by atoms with Crippen LogP contribution in [0.2, 0.25) is 0 Å². The minimum atomic E-state index is 0.598. The molecule has 3 heterocycles. The number of nitrogens with two attached hydrogens (primary N) is 1. The van der Waals surface area contributed by atoms with Gasteiger partial charge in [0.1, 0.15) is 5.69 Å². The van der Waals surface area contributed by atoms with Crippen LogP contribution in [0.3, 0.4) is 0 Å². The van der Waals surface area contributed by atoms with Crippen molar-refractivity contribution in [1.29, 1.82) is 0 Å². The lowest BCUT2D eigenvalue weighted by atomic mass is 10.3. The molecular formula is C11H9N5. The van der Waals surface area contributed by atoms with Crippen molar-refractivity contribution in [2.75, 3.05) is 5.73 Å². The zero-order chi connectivity index (χ0) is 11.0. The van der Waals surface area contributed by atoms with Gasteiger partial charge in [-0.2, -0.15) is 0 Å². The van der Waals surface area contributed by atoms with Crippen molar-refractivity contribution < 1.29 is 0 Å². The van der Waals surface area contributed by atoms with Gasteiger partial charge in [0.25, 0.3) is 0 Å². The maximum Gasteiger partial charge on any atom is 0.189 e. The van der Waals surface area contributed by atoms with Gasteiger partial charge in [-0.1, -0.05) is 6.07 Å². The standard InChI is InChI=1S/C11H9N5/c12-8-4-3-6-13-10(8)11-15-14-9-5-1-2-7-16(9)11/h1-7H,12H2. The summed E-state index contributed by atoms with van der Waals surface area (Å²) in [4.78, 5) is 4.22. The van der Waals surface area contributed by atoms with Gasteiger partial charge in [0.2, 0.25) is 0 Å². The first-order valence-electron chi connectivity index (χ1n) is 4.87. The molecule has 0 amide bonds. The molecular weight excluding hydrogens is 202 g/mol. The van der Waals surface area contributed by atoms with Crippen LogP contribution < -0.4 is 5.73 Å². The number of rotatable bonds is 1. The van der Waals surface area contributed by atoms with Crippen molar-refractivity contribution in [3.63, 3.8) is 0 Å². The lowest BCUT2D eigenvalue weighted by Gasteiger charge is -2.01. The minimum absolute atomic E-state index is 0.598. The zero-order valence-corrected chi connectivity index (χ0v) is 8.41. The SMILES string of the molecule is Nc1cccnc1-c1nnc2ccccn12. The first-order chi connectivity index (χ1) is 7.86. The summed E-state index contributed by atoms with van der Waals surface area (Å²) in [7, 11) is 0. The van der Waals surface area contributed by atoms with Gasteiger partial charge in [-0.3, -0.25) is 9.38 Å². The van der Waals surface area contributed by atoms with E-state index in [0.29, 0.717) is 17.2 Å². The van der Waals surface area contributed by atoms with Crippen molar-refractivity contribution in [1.82, 2.24) is 19.6 Å². The van der Waals surface area contributed by atoms with E-state index < -0.39 is 0 Å². The van der Waals surface area contributed by atoms with Gasteiger partial charge in [-0.15, -0.1) is 10.2 Å². The van der Waals surface area contributed by atoms with Crippen LogP contribution in [0, 0.1) is 0 Å². The highest BCUT2D eigenvalue weighted by atomic mass is 15.2. The van der Waals surface area contributed by atoms with Crippen LogP contribution in [0.25, 0.3) is 17.2 Å². The molecule has 5 heteroatoms. The number of pyridine rings is 2. The molecule has 3 aromatic rings. The molecule has 5 nitrogen and oxygen atoms in total. The number of fused-ring (bicyclic) bond motifs is 1. The normalized spacial score (nSPS) is 10.8. The summed E-state index contributed by atoms with van der Waals surface area (Å²) in [5, 5.41) is 8.15. The summed E-state index contributed by atoms with van der Waals surface area (Å²) >= 11 is 0. The van der Waals surface area contributed by atoms with E-state index in [0.717, 1.165) is 5.65 Å². The van der Waals surface area contributed by atoms with Gasteiger partial charge < -0.3 is 5.73 Å². The minimum Gasteiger partial charge on any atom is -0.397 e. The molecule has 2 N–H and O–H groups in total. The Labute approximate surface area is 91.6 Å². The summed E-state index contributed by atoms with van der Waals surface area (Å²) in [6.07, 6.45) is 3.58. The molecule has 0 radical (unpaired) electrons. The molecule has 0 aliphatic rings. The molecule has 0 saturated carbocycles. The van der Waals surface area contributed by atoms with Crippen LogP contribution >= 0.6 is 0 Å². The van der Waals surface area contributed by atoms with Crippen molar-refractivity contribution in [3.05, 3.63) is 42.7 Å². The van der Waals surface area contributed by atoms with Crippen molar-refractivity contribution in [2.45, 2.75) is 0 Å². The van der Waals surface area contributed by atoms with Gasteiger partial charge in [-0.25, -0.2) is 0 Å². The second-order valence-corrected chi connectivity index (χ2v) is 3.39. The van der Waals surface area contributed by atoms with E-state index in [4.69, 9.17) is 5.73 Å². The summed E-state index contributed by atoms with van der Waals surface area (Å²) in [6, 6.07) is 9.30. The molecule has 0 aliphatic carbocycles. The van der Waals surface area contributed by atoms with Crippen LogP contribution in [-0.2, 0) is 0 Å². The van der Waals surface area contributed by atoms with Gasteiger partial charge in [0.15, 0.2) is 11.5 Å². The van der Waals surface area contributed by atoms with Crippen molar-refractivity contribution in [2.24, 2.45) is 0 Å². The Morgan fingerprint density at radius 2 is 2.00 bits per heavy atom. The predicted octanol–water partition coefficient (Wildman–Crippen LogP) is 1.37. The van der Waals surface area contributed by atoms with E-state index in [1.165, 1.54) is 0 Å². The average Bonchev–Trinajstić information content (AvgIpc) is 2.74. The van der Waals surface area contributed by atoms with Crippen LogP contribution in [-0.4, -0.2) is 19.6 Å². The molecule has 3 aromatic heterocycles. The molecule has 0 aromatic carbocycles. The zero-order valence-electron chi connectivity index (χ0n) is 8.41. The van der Waals surface area contributed by atoms with E-state index in [-0.39, 0.29) is 0 Å². The fourth-order valence-electron chi connectivity index (χ4n) is 1.61. The van der Waals surface area contributed by atoms with E-state index in [1.54, 1.807) is 18.3 Å². The lowest BCUT2D eigenvalue weighted by Crippen LogP contribution is -1.96. The third-order valence-corrected chi connectivity index (χ3v) is 2.36. The number of hydrogen-bond donors (Lipinski definition) is 1. The largest absolute Gasteiger partial charge is 0.397 e. The number of nitrogen functional groups attached to an aromatic ring is 1. The maximum absolute atomic E-state index is 5.86. The first-order valence-corrected chi connectivity index (χ1v) is 4.87. The van der Waals surface area contributed by atoms with E-state index in [1.807, 2.05) is 28.8 Å².